The standard InChI is InChI=1S/C14H22N2OS/c1-9(2)8-16-14(17)11(4)18-13-6-5-10(3)7-12(13)15/h5-7,9,11H,8,15H2,1-4H3,(H,16,17). The maximum Gasteiger partial charge on any atom is 0.233 e. The van der Waals surface area contributed by atoms with E-state index in [0.717, 1.165) is 16.1 Å². The molecule has 1 aromatic rings. The largest absolute Gasteiger partial charge is 0.398 e. The van der Waals surface area contributed by atoms with Crippen LogP contribution in [0.2, 0.25) is 0 Å². The van der Waals surface area contributed by atoms with Crippen LogP contribution >= 0.6 is 11.8 Å². The minimum Gasteiger partial charge on any atom is -0.398 e. The van der Waals surface area contributed by atoms with E-state index in [0.29, 0.717) is 12.5 Å². The molecule has 3 nitrogen and oxygen atoms in total. The molecule has 0 spiro atoms. The van der Waals surface area contributed by atoms with Crippen molar-refractivity contribution in [1.82, 2.24) is 5.32 Å². The summed E-state index contributed by atoms with van der Waals surface area (Å²) >= 11 is 1.50. The Kier molecular flexibility index (Phi) is 5.54. The van der Waals surface area contributed by atoms with Crippen molar-refractivity contribution >= 4 is 23.4 Å². The maximum absolute atomic E-state index is 11.9. The molecule has 0 radical (unpaired) electrons. The molecule has 4 heteroatoms. The van der Waals surface area contributed by atoms with Crippen LogP contribution in [0.15, 0.2) is 23.1 Å². The Morgan fingerprint density at radius 1 is 1.39 bits per heavy atom. The van der Waals surface area contributed by atoms with Crippen LogP contribution in [0.1, 0.15) is 26.3 Å². The van der Waals surface area contributed by atoms with Crippen molar-refractivity contribution < 1.29 is 4.79 Å². The average Bonchev–Trinajstić information content (AvgIpc) is 2.29. The molecule has 3 N–H and O–H groups in total. The molecule has 0 bridgehead atoms. The summed E-state index contributed by atoms with van der Waals surface area (Å²) in [7, 11) is 0. The summed E-state index contributed by atoms with van der Waals surface area (Å²) in [6, 6.07) is 5.92. The van der Waals surface area contributed by atoms with Crippen molar-refractivity contribution in [2.45, 2.75) is 37.8 Å². The van der Waals surface area contributed by atoms with Crippen molar-refractivity contribution in [1.29, 1.82) is 0 Å². The zero-order valence-corrected chi connectivity index (χ0v) is 12.3. The van der Waals surface area contributed by atoms with Gasteiger partial charge >= 0.3 is 0 Å². The van der Waals surface area contributed by atoms with Crippen molar-refractivity contribution in [2.75, 3.05) is 12.3 Å². The molecule has 100 valence electrons. The van der Waals surface area contributed by atoms with Crippen LogP contribution in [-0.2, 0) is 4.79 Å². The van der Waals surface area contributed by atoms with Gasteiger partial charge in [0, 0.05) is 17.1 Å². The van der Waals surface area contributed by atoms with Crippen LogP contribution in [0.4, 0.5) is 5.69 Å². The summed E-state index contributed by atoms with van der Waals surface area (Å²) in [5, 5.41) is 2.80. The van der Waals surface area contributed by atoms with Gasteiger partial charge in [0.2, 0.25) is 5.91 Å². The lowest BCUT2D eigenvalue weighted by Crippen LogP contribution is -2.33. The summed E-state index contributed by atoms with van der Waals surface area (Å²) in [6.07, 6.45) is 0. The molecule has 1 rings (SSSR count). The number of anilines is 1. The van der Waals surface area contributed by atoms with Crippen LogP contribution < -0.4 is 11.1 Å². The van der Waals surface area contributed by atoms with E-state index >= 15 is 0 Å². The summed E-state index contributed by atoms with van der Waals surface area (Å²) in [4.78, 5) is 12.8. The third-order valence-corrected chi connectivity index (χ3v) is 3.72. The number of nitrogens with two attached hydrogens (primary N) is 1. The van der Waals surface area contributed by atoms with Crippen molar-refractivity contribution in [2.24, 2.45) is 5.92 Å². The van der Waals surface area contributed by atoms with Gasteiger partial charge < -0.3 is 11.1 Å². The molecule has 0 aliphatic heterocycles. The van der Waals surface area contributed by atoms with Gasteiger partial charge in [-0.2, -0.15) is 0 Å². The van der Waals surface area contributed by atoms with E-state index in [4.69, 9.17) is 5.73 Å². The number of nitrogens with one attached hydrogen (secondary N) is 1. The SMILES string of the molecule is Cc1ccc(SC(C)C(=O)NCC(C)C)c(N)c1. The Morgan fingerprint density at radius 2 is 2.06 bits per heavy atom. The molecular weight excluding hydrogens is 244 g/mol. The lowest BCUT2D eigenvalue weighted by atomic mass is 10.2. The fourth-order valence-electron chi connectivity index (χ4n) is 1.47. The van der Waals surface area contributed by atoms with E-state index in [1.807, 2.05) is 32.0 Å². The zero-order chi connectivity index (χ0) is 13.7. The normalized spacial score (nSPS) is 12.5. The number of rotatable bonds is 5. The molecule has 1 unspecified atom stereocenters. The molecule has 0 aliphatic carbocycles. The highest BCUT2D eigenvalue weighted by molar-refractivity contribution is 8.00. The molecule has 0 saturated heterocycles. The third kappa shape index (κ3) is 4.61. The Labute approximate surface area is 114 Å². The lowest BCUT2D eigenvalue weighted by molar-refractivity contribution is -0.120. The first kappa shape index (κ1) is 14.9. The number of aryl methyl sites for hydroxylation is 1. The second-order valence-corrected chi connectivity index (χ2v) is 6.32. The maximum atomic E-state index is 11.9. The van der Waals surface area contributed by atoms with Gasteiger partial charge in [0.1, 0.15) is 0 Å². The molecule has 1 aromatic carbocycles. The van der Waals surface area contributed by atoms with Crippen LogP contribution in [0, 0.1) is 12.8 Å². The predicted molar refractivity (Wildman–Crippen MR) is 78.8 cm³/mol. The van der Waals surface area contributed by atoms with E-state index < -0.39 is 0 Å². The molecule has 1 atom stereocenters. The number of thioether (sulfide) groups is 1. The smallest absolute Gasteiger partial charge is 0.233 e. The van der Waals surface area contributed by atoms with Gasteiger partial charge in [0.25, 0.3) is 0 Å². The van der Waals surface area contributed by atoms with Crippen molar-refractivity contribution in [3.05, 3.63) is 23.8 Å². The highest BCUT2D eigenvalue weighted by Gasteiger charge is 2.15. The molecule has 1 amide bonds. The zero-order valence-electron chi connectivity index (χ0n) is 11.5. The van der Waals surface area contributed by atoms with Crippen LogP contribution in [0.3, 0.4) is 0 Å². The molecule has 0 fully saturated rings. The first-order chi connectivity index (χ1) is 8.40. The molecular formula is C14H22N2OS. The minimum atomic E-state index is -0.131. The summed E-state index contributed by atoms with van der Waals surface area (Å²) in [5.41, 5.74) is 7.81. The monoisotopic (exact) mass is 266 g/mol. The number of carbonyl (C=O) groups is 1. The molecule has 0 aliphatic rings. The van der Waals surface area contributed by atoms with Gasteiger partial charge in [-0.1, -0.05) is 19.9 Å². The first-order valence-corrected chi connectivity index (χ1v) is 7.08. The Hall–Kier alpha value is -1.16. The van der Waals surface area contributed by atoms with Crippen LogP contribution in [0.5, 0.6) is 0 Å². The van der Waals surface area contributed by atoms with Gasteiger partial charge in [-0.3, -0.25) is 4.79 Å². The Morgan fingerprint density at radius 3 is 2.61 bits per heavy atom. The fourth-order valence-corrected chi connectivity index (χ4v) is 2.38. The molecule has 18 heavy (non-hydrogen) atoms. The topological polar surface area (TPSA) is 55.1 Å². The number of hydrogen-bond acceptors (Lipinski definition) is 3. The Balaban J connectivity index is 2.58. The molecule has 0 aromatic heterocycles. The third-order valence-electron chi connectivity index (χ3n) is 2.52. The summed E-state index contributed by atoms with van der Waals surface area (Å²) < 4.78 is 0. The van der Waals surface area contributed by atoms with Gasteiger partial charge in [-0.05, 0) is 37.5 Å². The number of carbonyl (C=O) groups excluding carboxylic acids is 1. The van der Waals surface area contributed by atoms with Crippen molar-refractivity contribution in [3.8, 4) is 0 Å². The van der Waals surface area contributed by atoms with E-state index in [1.165, 1.54) is 11.8 Å². The average molecular weight is 266 g/mol. The number of amides is 1. The Bertz CT molecular complexity index is 418. The van der Waals surface area contributed by atoms with E-state index in [9.17, 15) is 4.79 Å². The van der Waals surface area contributed by atoms with Gasteiger partial charge in [-0.25, -0.2) is 0 Å². The van der Waals surface area contributed by atoms with E-state index in [2.05, 4.69) is 19.2 Å². The second kappa shape index (κ2) is 6.69. The van der Waals surface area contributed by atoms with Gasteiger partial charge in [0.05, 0.1) is 5.25 Å². The second-order valence-electron chi connectivity index (χ2n) is 4.94. The number of hydrogen-bond donors (Lipinski definition) is 2. The van der Waals surface area contributed by atoms with Gasteiger partial charge in [0.15, 0.2) is 0 Å². The highest BCUT2D eigenvalue weighted by Crippen LogP contribution is 2.29. The molecule has 0 heterocycles. The number of nitrogen functional groups attached to an aromatic ring is 1. The predicted octanol–water partition coefficient (Wildman–Crippen LogP) is 2.83. The summed E-state index contributed by atoms with van der Waals surface area (Å²) in [5.74, 6) is 0.532. The fraction of sp³-hybridized carbons (Fsp3) is 0.500. The van der Waals surface area contributed by atoms with Gasteiger partial charge in [-0.15, -0.1) is 11.8 Å². The van der Waals surface area contributed by atoms with Crippen molar-refractivity contribution in [3.63, 3.8) is 0 Å². The lowest BCUT2D eigenvalue weighted by Gasteiger charge is -2.14. The number of benzene rings is 1. The van der Waals surface area contributed by atoms with E-state index in [-0.39, 0.29) is 11.2 Å². The van der Waals surface area contributed by atoms with Crippen LogP contribution in [-0.4, -0.2) is 17.7 Å². The quantitative estimate of drug-likeness (QED) is 0.636. The summed E-state index contributed by atoms with van der Waals surface area (Å²) in [6.45, 7) is 8.78. The highest BCUT2D eigenvalue weighted by atomic mass is 32.2. The minimum absolute atomic E-state index is 0.0636. The van der Waals surface area contributed by atoms with Crippen LogP contribution in [0.25, 0.3) is 0 Å². The molecule has 0 saturated carbocycles. The first-order valence-electron chi connectivity index (χ1n) is 6.20. The van der Waals surface area contributed by atoms with E-state index in [1.54, 1.807) is 0 Å².